The van der Waals surface area contributed by atoms with Gasteiger partial charge in [-0.2, -0.15) is 0 Å². The van der Waals surface area contributed by atoms with E-state index in [-0.39, 0.29) is 11.8 Å². The van der Waals surface area contributed by atoms with Crippen LogP contribution >= 0.6 is 0 Å². The average molecular weight is 347 g/mol. The molecule has 1 fully saturated rings. The Morgan fingerprint density at radius 3 is 2.36 bits per heavy atom. The lowest BCUT2D eigenvalue weighted by molar-refractivity contribution is -0.142. The van der Waals surface area contributed by atoms with E-state index in [4.69, 9.17) is 4.74 Å². The first-order valence-electron chi connectivity index (χ1n) is 8.66. The van der Waals surface area contributed by atoms with Gasteiger partial charge >= 0.3 is 0 Å². The zero-order chi connectivity index (χ0) is 18.7. The molecule has 0 bridgehead atoms. The van der Waals surface area contributed by atoms with E-state index in [9.17, 15) is 9.59 Å². The van der Waals surface area contributed by atoms with Crippen molar-refractivity contribution in [3.63, 3.8) is 0 Å². The van der Waals surface area contributed by atoms with E-state index >= 15 is 0 Å². The largest absolute Gasteiger partial charge is 0.497 e. The molecule has 1 saturated heterocycles. The molecule has 2 rings (SSSR count). The van der Waals surface area contributed by atoms with Crippen LogP contribution in [0.15, 0.2) is 24.3 Å². The Balaban J connectivity index is 2.18. The smallest absolute Gasteiger partial charge is 0.245 e. The number of nitrogens with zero attached hydrogens (tertiary/aromatic N) is 1. The van der Waals surface area contributed by atoms with Gasteiger partial charge in [-0.25, -0.2) is 0 Å². The highest BCUT2D eigenvalue weighted by Crippen LogP contribution is 2.31. The van der Waals surface area contributed by atoms with Crippen LogP contribution in [0.4, 0.5) is 5.69 Å². The van der Waals surface area contributed by atoms with Crippen molar-refractivity contribution >= 4 is 17.5 Å². The molecule has 1 aliphatic rings. The van der Waals surface area contributed by atoms with Gasteiger partial charge in [0.05, 0.1) is 7.11 Å². The number of likely N-dealkylation sites (N-methyl/N-ethyl adjacent to an activating group) is 1. The summed E-state index contributed by atoms with van der Waals surface area (Å²) in [5.74, 6) is 0.801. The quantitative estimate of drug-likeness (QED) is 0.876. The second-order valence-corrected chi connectivity index (χ2v) is 7.56. The van der Waals surface area contributed by atoms with Crippen LogP contribution in [0.3, 0.4) is 0 Å². The minimum absolute atomic E-state index is 0.0572. The van der Waals surface area contributed by atoms with Gasteiger partial charge in [-0.1, -0.05) is 26.8 Å². The summed E-state index contributed by atoms with van der Waals surface area (Å²) in [6.45, 7) is 6.88. The highest BCUT2D eigenvalue weighted by atomic mass is 16.5. The fourth-order valence-electron chi connectivity index (χ4n) is 3.19. The van der Waals surface area contributed by atoms with E-state index in [0.717, 1.165) is 11.4 Å². The van der Waals surface area contributed by atoms with Gasteiger partial charge in [-0.3, -0.25) is 9.59 Å². The molecule has 0 unspecified atom stereocenters. The summed E-state index contributed by atoms with van der Waals surface area (Å²) in [5, 5.41) is 6.15. The van der Waals surface area contributed by atoms with Gasteiger partial charge in [0.1, 0.15) is 11.3 Å². The molecule has 0 atom stereocenters. The Hall–Kier alpha value is -2.24. The zero-order valence-electron chi connectivity index (χ0n) is 15.8. The molecular formula is C19H29N3O3. The number of carbonyl (C=O) groups excluding carboxylic acids is 2. The number of amides is 2. The fraction of sp³-hybridized carbons (Fsp3) is 0.579. The van der Waals surface area contributed by atoms with Gasteiger partial charge in [0.2, 0.25) is 11.8 Å². The molecule has 2 amide bonds. The van der Waals surface area contributed by atoms with Crippen molar-refractivity contribution in [1.82, 2.24) is 10.2 Å². The topological polar surface area (TPSA) is 70.7 Å². The number of hydrogen-bond donors (Lipinski definition) is 2. The molecule has 2 N–H and O–H groups in total. The van der Waals surface area contributed by atoms with Gasteiger partial charge in [-0.15, -0.1) is 0 Å². The van der Waals surface area contributed by atoms with E-state index < -0.39 is 11.0 Å². The summed E-state index contributed by atoms with van der Waals surface area (Å²) in [6.07, 6.45) is 1.12. The van der Waals surface area contributed by atoms with Gasteiger partial charge in [0, 0.05) is 37.3 Å². The van der Waals surface area contributed by atoms with Crippen molar-refractivity contribution < 1.29 is 14.3 Å². The molecule has 0 saturated carbocycles. The molecule has 0 spiro atoms. The van der Waals surface area contributed by atoms with E-state index in [1.165, 1.54) is 0 Å². The lowest BCUT2D eigenvalue weighted by Crippen LogP contribution is -2.59. The average Bonchev–Trinajstić information content (AvgIpc) is 2.60. The van der Waals surface area contributed by atoms with Crippen LogP contribution in [0.1, 0.15) is 33.6 Å². The molecule has 25 heavy (non-hydrogen) atoms. The summed E-state index contributed by atoms with van der Waals surface area (Å²) >= 11 is 0. The number of benzene rings is 1. The number of anilines is 1. The predicted molar refractivity (Wildman–Crippen MR) is 98.7 cm³/mol. The maximum Gasteiger partial charge on any atom is 0.245 e. The summed E-state index contributed by atoms with van der Waals surface area (Å²) in [7, 11) is 3.26. The van der Waals surface area contributed by atoms with Gasteiger partial charge in [0.15, 0.2) is 0 Å². The van der Waals surface area contributed by atoms with Gasteiger partial charge in [0.25, 0.3) is 0 Å². The van der Waals surface area contributed by atoms with E-state index in [1.807, 2.05) is 49.9 Å². The lowest BCUT2D eigenvalue weighted by atomic mass is 9.84. The molecule has 138 valence electrons. The third kappa shape index (κ3) is 4.24. The SMILES string of the molecule is CNC(=O)C1(Nc2cccc(OC)c2)CCN(C(=O)C(C)(C)C)CC1. The van der Waals surface area contributed by atoms with Crippen LogP contribution in [0.2, 0.25) is 0 Å². The first kappa shape index (κ1) is 19.1. The minimum atomic E-state index is -0.726. The summed E-state index contributed by atoms with van der Waals surface area (Å²) < 4.78 is 5.26. The molecule has 0 radical (unpaired) electrons. The first-order valence-corrected chi connectivity index (χ1v) is 8.66. The predicted octanol–water partition coefficient (Wildman–Crippen LogP) is 2.26. The van der Waals surface area contributed by atoms with Crippen LogP contribution < -0.4 is 15.4 Å². The third-order valence-electron chi connectivity index (χ3n) is 4.66. The Morgan fingerprint density at radius 1 is 1.20 bits per heavy atom. The number of ether oxygens (including phenoxy) is 1. The zero-order valence-corrected chi connectivity index (χ0v) is 15.8. The highest BCUT2D eigenvalue weighted by Gasteiger charge is 2.43. The summed E-state index contributed by atoms with van der Waals surface area (Å²) in [6, 6.07) is 7.54. The standard InChI is InChI=1S/C19H29N3O3/c1-18(2,3)17(24)22-11-9-19(10-12-22,16(23)20-4)21-14-7-6-8-15(13-14)25-5/h6-8,13,21H,9-12H2,1-5H3,(H,20,23). The van der Waals surface area contributed by atoms with Gasteiger partial charge < -0.3 is 20.3 Å². The Labute approximate surface area is 149 Å². The maximum absolute atomic E-state index is 12.6. The Morgan fingerprint density at radius 2 is 1.84 bits per heavy atom. The molecule has 6 heteroatoms. The number of methoxy groups -OCH3 is 1. The number of nitrogens with one attached hydrogen (secondary N) is 2. The second-order valence-electron chi connectivity index (χ2n) is 7.56. The Bertz CT molecular complexity index is 629. The van der Waals surface area contributed by atoms with Crippen LogP contribution in [-0.4, -0.2) is 49.5 Å². The number of piperidine rings is 1. The van der Waals surface area contributed by atoms with E-state index in [1.54, 1.807) is 14.2 Å². The minimum Gasteiger partial charge on any atom is -0.497 e. The summed E-state index contributed by atoms with van der Waals surface area (Å²) in [5.41, 5.74) is -0.304. The van der Waals surface area contributed by atoms with Crippen molar-refractivity contribution in [3.05, 3.63) is 24.3 Å². The van der Waals surface area contributed by atoms with Crippen LogP contribution in [-0.2, 0) is 9.59 Å². The van der Waals surface area contributed by atoms with E-state index in [0.29, 0.717) is 25.9 Å². The van der Waals surface area contributed by atoms with Crippen molar-refractivity contribution in [2.75, 3.05) is 32.6 Å². The molecule has 1 heterocycles. The molecule has 1 aromatic carbocycles. The molecule has 0 aliphatic carbocycles. The molecule has 0 aromatic heterocycles. The summed E-state index contributed by atoms with van der Waals surface area (Å²) in [4.78, 5) is 27.0. The number of carbonyl (C=O) groups is 2. The van der Waals surface area contributed by atoms with Crippen molar-refractivity contribution in [1.29, 1.82) is 0 Å². The number of hydrogen-bond acceptors (Lipinski definition) is 4. The number of likely N-dealkylation sites (tertiary alicyclic amines) is 1. The normalized spacial score (nSPS) is 16.9. The number of rotatable bonds is 4. The molecule has 1 aliphatic heterocycles. The van der Waals surface area contributed by atoms with Crippen LogP contribution in [0, 0.1) is 5.41 Å². The second kappa shape index (κ2) is 7.33. The van der Waals surface area contributed by atoms with Crippen molar-refractivity contribution in [2.45, 2.75) is 39.2 Å². The third-order valence-corrected chi connectivity index (χ3v) is 4.66. The molecular weight excluding hydrogens is 318 g/mol. The fourth-order valence-corrected chi connectivity index (χ4v) is 3.19. The maximum atomic E-state index is 12.6. The van der Waals surface area contributed by atoms with E-state index in [2.05, 4.69) is 10.6 Å². The van der Waals surface area contributed by atoms with Crippen molar-refractivity contribution in [2.24, 2.45) is 5.41 Å². The van der Waals surface area contributed by atoms with Crippen LogP contribution in [0.25, 0.3) is 0 Å². The van der Waals surface area contributed by atoms with Crippen molar-refractivity contribution in [3.8, 4) is 5.75 Å². The molecule has 1 aromatic rings. The van der Waals surface area contributed by atoms with Gasteiger partial charge in [-0.05, 0) is 25.0 Å². The first-order chi connectivity index (χ1) is 11.7. The lowest BCUT2D eigenvalue weighted by Gasteiger charge is -2.43. The highest BCUT2D eigenvalue weighted by molar-refractivity contribution is 5.90. The Kier molecular flexibility index (Phi) is 5.60. The monoisotopic (exact) mass is 347 g/mol. The van der Waals surface area contributed by atoms with Crippen LogP contribution in [0.5, 0.6) is 5.75 Å². The molecule has 6 nitrogen and oxygen atoms in total.